The number of ether oxygens (including phenoxy) is 1. The van der Waals surface area contributed by atoms with Gasteiger partial charge in [-0.25, -0.2) is 14.4 Å². The molecule has 3 aliphatic rings. The second-order valence-corrected chi connectivity index (χ2v) is 7.68. The molecule has 6 rings (SSSR count). The number of hydrogen-bond acceptors (Lipinski definition) is 8. The summed E-state index contributed by atoms with van der Waals surface area (Å²) in [6.07, 6.45) is 6.90. The number of halogens is 1. The van der Waals surface area contributed by atoms with Crippen LogP contribution in [-0.2, 0) is 9.53 Å². The first-order valence-electron chi connectivity index (χ1n) is 9.68. The van der Waals surface area contributed by atoms with Crippen LogP contribution in [0.1, 0.15) is 25.7 Å². The van der Waals surface area contributed by atoms with Crippen LogP contribution in [0, 0.1) is 23.6 Å². The Morgan fingerprint density at radius 1 is 1.24 bits per heavy atom. The lowest BCUT2D eigenvalue weighted by atomic mass is 9.61. The van der Waals surface area contributed by atoms with Crippen molar-refractivity contribution in [2.45, 2.75) is 31.7 Å². The molecule has 29 heavy (non-hydrogen) atoms. The Morgan fingerprint density at radius 2 is 2.03 bits per heavy atom. The van der Waals surface area contributed by atoms with Crippen molar-refractivity contribution in [1.82, 2.24) is 30.4 Å². The molecular formula is C19H20FN7O2. The van der Waals surface area contributed by atoms with E-state index in [0.29, 0.717) is 34.4 Å². The summed E-state index contributed by atoms with van der Waals surface area (Å²) in [5.74, 6) is 0.609. The van der Waals surface area contributed by atoms with Gasteiger partial charge in [-0.05, 0) is 43.6 Å². The summed E-state index contributed by atoms with van der Waals surface area (Å²) in [6, 6.07) is 1.27. The summed E-state index contributed by atoms with van der Waals surface area (Å²) >= 11 is 0. The number of carbonyl (C=O) groups is 1. The minimum atomic E-state index is -0.471. The molecule has 0 spiro atoms. The highest BCUT2D eigenvalue weighted by atomic mass is 19.1. The fourth-order valence-corrected chi connectivity index (χ4v) is 4.83. The van der Waals surface area contributed by atoms with Crippen LogP contribution >= 0.6 is 0 Å². The van der Waals surface area contributed by atoms with Gasteiger partial charge < -0.3 is 10.1 Å². The number of methoxy groups -OCH3 is 1. The van der Waals surface area contributed by atoms with Crippen LogP contribution in [0.3, 0.4) is 0 Å². The summed E-state index contributed by atoms with van der Waals surface area (Å²) in [5.41, 5.74) is 0.816. The van der Waals surface area contributed by atoms with Gasteiger partial charge in [-0.1, -0.05) is 0 Å². The molecule has 0 radical (unpaired) electrons. The molecule has 3 aromatic rings. The van der Waals surface area contributed by atoms with Crippen molar-refractivity contribution in [3.05, 3.63) is 24.3 Å². The van der Waals surface area contributed by atoms with Crippen molar-refractivity contribution < 1.29 is 13.9 Å². The van der Waals surface area contributed by atoms with E-state index in [1.807, 2.05) is 0 Å². The van der Waals surface area contributed by atoms with Crippen LogP contribution in [0.25, 0.3) is 22.6 Å². The average molecular weight is 397 g/mol. The molecule has 3 saturated carbocycles. The fraction of sp³-hybridized carbons (Fsp3) is 0.474. The van der Waals surface area contributed by atoms with E-state index in [0.717, 1.165) is 31.9 Å². The van der Waals surface area contributed by atoms with Gasteiger partial charge in [0.25, 0.3) is 0 Å². The number of aromatic nitrogens is 6. The number of esters is 1. The summed E-state index contributed by atoms with van der Waals surface area (Å²) in [4.78, 5) is 20.9. The molecule has 3 aromatic heterocycles. The maximum Gasteiger partial charge on any atom is 0.311 e. The quantitative estimate of drug-likeness (QED) is 0.644. The Morgan fingerprint density at radius 3 is 2.83 bits per heavy atom. The molecule has 9 nitrogen and oxygen atoms in total. The van der Waals surface area contributed by atoms with Gasteiger partial charge in [-0.3, -0.25) is 9.89 Å². The number of hydrogen-bond donors (Lipinski definition) is 2. The smallest absolute Gasteiger partial charge is 0.311 e. The molecular weight excluding hydrogens is 377 g/mol. The SMILES string of the molecule is COC(=O)[C@H]1C2CCC(CC2)[C@@H]1Nc1cnnc(-c2n[nH]c3ncc(F)cc23)n1. The summed E-state index contributed by atoms with van der Waals surface area (Å²) in [5, 5.41) is 18.9. The second kappa shape index (κ2) is 7.02. The Kier molecular flexibility index (Phi) is 4.33. The molecule has 3 aliphatic carbocycles. The molecule has 0 amide bonds. The maximum atomic E-state index is 13.6. The van der Waals surface area contributed by atoms with Crippen LogP contribution in [0.4, 0.5) is 10.2 Å². The molecule has 0 saturated heterocycles. The lowest BCUT2D eigenvalue weighted by Crippen LogP contribution is -2.51. The fourth-order valence-electron chi connectivity index (χ4n) is 4.83. The largest absolute Gasteiger partial charge is 0.469 e. The summed E-state index contributed by atoms with van der Waals surface area (Å²) in [7, 11) is 1.43. The predicted octanol–water partition coefficient (Wildman–Crippen LogP) is 2.34. The van der Waals surface area contributed by atoms with Crippen LogP contribution in [-0.4, -0.2) is 49.5 Å². The van der Waals surface area contributed by atoms with E-state index < -0.39 is 5.82 Å². The number of anilines is 1. The number of aromatic amines is 1. The van der Waals surface area contributed by atoms with E-state index in [-0.39, 0.29) is 23.8 Å². The average Bonchev–Trinajstić information content (AvgIpc) is 3.17. The van der Waals surface area contributed by atoms with Crippen molar-refractivity contribution in [2.24, 2.45) is 17.8 Å². The predicted molar refractivity (Wildman–Crippen MR) is 101 cm³/mol. The van der Waals surface area contributed by atoms with Gasteiger partial charge >= 0.3 is 5.97 Å². The molecule has 3 heterocycles. The molecule has 0 unspecified atom stereocenters. The monoisotopic (exact) mass is 397 g/mol. The van der Waals surface area contributed by atoms with Crippen molar-refractivity contribution in [3.63, 3.8) is 0 Å². The highest BCUT2D eigenvalue weighted by Gasteiger charge is 2.47. The Labute approximate surface area is 165 Å². The van der Waals surface area contributed by atoms with E-state index in [1.54, 1.807) is 0 Å². The topological polar surface area (TPSA) is 119 Å². The molecule has 3 fully saturated rings. The highest BCUT2D eigenvalue weighted by Crippen LogP contribution is 2.46. The molecule has 2 bridgehead atoms. The Bertz CT molecular complexity index is 1060. The number of pyridine rings is 1. The number of H-pyrrole nitrogens is 1. The van der Waals surface area contributed by atoms with Gasteiger partial charge in [0.1, 0.15) is 17.3 Å². The van der Waals surface area contributed by atoms with Gasteiger partial charge in [0.05, 0.1) is 30.8 Å². The van der Waals surface area contributed by atoms with E-state index in [2.05, 4.69) is 35.7 Å². The van der Waals surface area contributed by atoms with Crippen LogP contribution in [0.15, 0.2) is 18.5 Å². The van der Waals surface area contributed by atoms with Gasteiger partial charge in [-0.2, -0.15) is 10.2 Å². The van der Waals surface area contributed by atoms with Crippen molar-refractivity contribution in [3.8, 4) is 11.5 Å². The third kappa shape index (κ3) is 3.08. The van der Waals surface area contributed by atoms with Gasteiger partial charge in [0.2, 0.25) is 5.82 Å². The summed E-state index contributed by atoms with van der Waals surface area (Å²) in [6.45, 7) is 0. The number of fused-ring (bicyclic) bond motifs is 4. The first-order chi connectivity index (χ1) is 14.1. The molecule has 2 N–H and O–H groups in total. The zero-order valence-electron chi connectivity index (χ0n) is 15.8. The van der Waals surface area contributed by atoms with E-state index in [1.165, 1.54) is 19.4 Å². The molecule has 0 aromatic carbocycles. The van der Waals surface area contributed by atoms with Crippen LogP contribution in [0.2, 0.25) is 0 Å². The molecule has 10 heteroatoms. The maximum absolute atomic E-state index is 13.6. The van der Waals surface area contributed by atoms with Crippen molar-refractivity contribution in [1.29, 1.82) is 0 Å². The third-order valence-electron chi connectivity index (χ3n) is 6.16. The third-order valence-corrected chi connectivity index (χ3v) is 6.16. The Balaban J connectivity index is 1.46. The van der Waals surface area contributed by atoms with Gasteiger partial charge in [0.15, 0.2) is 5.65 Å². The molecule has 0 aliphatic heterocycles. The van der Waals surface area contributed by atoms with Gasteiger partial charge in [-0.15, -0.1) is 5.10 Å². The Hall–Kier alpha value is -3.17. The molecule has 150 valence electrons. The zero-order valence-corrected chi connectivity index (χ0v) is 15.8. The number of carbonyl (C=O) groups excluding carboxylic acids is 1. The minimum Gasteiger partial charge on any atom is -0.469 e. The van der Waals surface area contributed by atoms with Crippen molar-refractivity contribution in [2.75, 3.05) is 12.4 Å². The van der Waals surface area contributed by atoms with E-state index in [9.17, 15) is 9.18 Å². The standard InChI is InChI=1S/C19H20FN7O2/c1-29-19(28)14-9-2-4-10(5-3-9)15(14)23-13-8-22-26-18(24-13)16-12-6-11(20)7-21-17(12)27-25-16/h6-10,14-15H,2-5H2,1H3,(H,21,25,27)(H,23,24,26)/t9?,10?,14-,15-/m0/s1. The highest BCUT2D eigenvalue weighted by molar-refractivity contribution is 5.88. The zero-order chi connectivity index (χ0) is 20.0. The van der Waals surface area contributed by atoms with E-state index in [4.69, 9.17) is 4.74 Å². The first kappa shape index (κ1) is 17.9. The van der Waals surface area contributed by atoms with Crippen LogP contribution in [0.5, 0.6) is 0 Å². The normalized spacial score (nSPS) is 25.9. The second-order valence-electron chi connectivity index (χ2n) is 7.68. The number of nitrogens with zero attached hydrogens (tertiary/aromatic N) is 5. The number of nitrogens with one attached hydrogen (secondary N) is 2. The summed E-state index contributed by atoms with van der Waals surface area (Å²) < 4.78 is 18.7. The van der Waals surface area contributed by atoms with E-state index >= 15 is 0 Å². The first-order valence-corrected chi connectivity index (χ1v) is 9.68. The van der Waals surface area contributed by atoms with Gasteiger partial charge in [0, 0.05) is 6.04 Å². The molecule has 2 atom stereocenters. The lowest BCUT2D eigenvalue weighted by Gasteiger charge is -2.47. The van der Waals surface area contributed by atoms with Crippen molar-refractivity contribution >= 4 is 22.8 Å². The lowest BCUT2D eigenvalue weighted by molar-refractivity contribution is -0.152. The number of rotatable bonds is 4. The van der Waals surface area contributed by atoms with Crippen LogP contribution < -0.4 is 5.32 Å². The minimum absolute atomic E-state index is 0.0606.